The van der Waals surface area contributed by atoms with Crippen molar-refractivity contribution in [1.29, 1.82) is 0 Å². The first-order valence-corrected chi connectivity index (χ1v) is 11.3. The number of rotatable bonds is 6. The SMILES string of the molecule is Cc1ccc(-n2c(SC(C)C(=O)Nc3c(C)cccc3C)nnc2-c2cccnc2)cc1. The predicted octanol–water partition coefficient (Wildman–Crippen LogP) is 5.37. The fourth-order valence-corrected chi connectivity index (χ4v) is 4.27. The van der Waals surface area contributed by atoms with Crippen molar-refractivity contribution in [2.24, 2.45) is 0 Å². The van der Waals surface area contributed by atoms with Gasteiger partial charge >= 0.3 is 0 Å². The number of aryl methyl sites for hydroxylation is 3. The summed E-state index contributed by atoms with van der Waals surface area (Å²) in [6.07, 6.45) is 3.49. The number of carbonyl (C=O) groups excluding carboxylic acids is 1. The van der Waals surface area contributed by atoms with E-state index < -0.39 is 0 Å². The molecule has 0 radical (unpaired) electrons. The van der Waals surface area contributed by atoms with Crippen molar-refractivity contribution < 1.29 is 4.79 Å². The van der Waals surface area contributed by atoms with Crippen molar-refractivity contribution in [3.8, 4) is 17.1 Å². The van der Waals surface area contributed by atoms with Gasteiger partial charge in [-0.2, -0.15) is 0 Å². The highest BCUT2D eigenvalue weighted by molar-refractivity contribution is 8.00. The maximum Gasteiger partial charge on any atom is 0.237 e. The van der Waals surface area contributed by atoms with Gasteiger partial charge in [0.05, 0.1) is 5.25 Å². The monoisotopic (exact) mass is 443 g/mol. The van der Waals surface area contributed by atoms with Crippen LogP contribution in [0.1, 0.15) is 23.6 Å². The lowest BCUT2D eigenvalue weighted by Gasteiger charge is -2.16. The summed E-state index contributed by atoms with van der Waals surface area (Å²) < 4.78 is 1.98. The lowest BCUT2D eigenvalue weighted by atomic mass is 10.1. The summed E-state index contributed by atoms with van der Waals surface area (Å²) in [4.78, 5) is 17.2. The summed E-state index contributed by atoms with van der Waals surface area (Å²) in [7, 11) is 0. The summed E-state index contributed by atoms with van der Waals surface area (Å²) in [5.74, 6) is 0.612. The highest BCUT2D eigenvalue weighted by Crippen LogP contribution is 2.31. The molecule has 0 bridgehead atoms. The van der Waals surface area contributed by atoms with E-state index in [4.69, 9.17) is 0 Å². The summed E-state index contributed by atoms with van der Waals surface area (Å²) in [6.45, 7) is 7.92. The van der Waals surface area contributed by atoms with Crippen molar-refractivity contribution in [3.05, 3.63) is 83.7 Å². The molecule has 0 spiro atoms. The Morgan fingerprint density at radius 2 is 1.69 bits per heavy atom. The molecule has 162 valence electrons. The van der Waals surface area contributed by atoms with Gasteiger partial charge in [0.2, 0.25) is 5.91 Å². The molecule has 2 aromatic carbocycles. The maximum atomic E-state index is 13.0. The number of hydrogen-bond acceptors (Lipinski definition) is 5. The van der Waals surface area contributed by atoms with Crippen LogP contribution in [0.4, 0.5) is 5.69 Å². The summed E-state index contributed by atoms with van der Waals surface area (Å²) >= 11 is 1.38. The first kappa shape index (κ1) is 21.8. The molecule has 6 nitrogen and oxygen atoms in total. The second-order valence-corrected chi connectivity index (χ2v) is 9.04. The average Bonchev–Trinajstić information content (AvgIpc) is 3.20. The molecule has 32 heavy (non-hydrogen) atoms. The van der Waals surface area contributed by atoms with E-state index >= 15 is 0 Å². The summed E-state index contributed by atoms with van der Waals surface area (Å²) in [6, 6.07) is 18.0. The number of pyridine rings is 1. The molecule has 4 rings (SSSR count). The Bertz CT molecular complexity index is 1210. The van der Waals surface area contributed by atoms with Crippen LogP contribution in [0.15, 0.2) is 72.1 Å². The van der Waals surface area contributed by atoms with Crippen LogP contribution in [0.25, 0.3) is 17.1 Å². The zero-order valence-corrected chi connectivity index (χ0v) is 19.4. The van der Waals surface area contributed by atoms with Gasteiger partial charge in [-0.3, -0.25) is 14.3 Å². The van der Waals surface area contributed by atoms with Gasteiger partial charge < -0.3 is 5.32 Å². The van der Waals surface area contributed by atoms with Crippen LogP contribution in [0.3, 0.4) is 0 Å². The number of hydrogen-bond donors (Lipinski definition) is 1. The van der Waals surface area contributed by atoms with E-state index in [-0.39, 0.29) is 11.2 Å². The molecule has 0 aliphatic carbocycles. The van der Waals surface area contributed by atoms with Crippen LogP contribution in [0.2, 0.25) is 0 Å². The Labute approximate surface area is 192 Å². The fourth-order valence-electron chi connectivity index (χ4n) is 3.40. The van der Waals surface area contributed by atoms with Gasteiger partial charge in [0.25, 0.3) is 0 Å². The average molecular weight is 444 g/mol. The number of nitrogens with zero attached hydrogens (tertiary/aromatic N) is 4. The Hall–Kier alpha value is -3.45. The molecule has 2 heterocycles. The zero-order chi connectivity index (χ0) is 22.7. The van der Waals surface area contributed by atoms with E-state index in [0.717, 1.165) is 28.1 Å². The largest absolute Gasteiger partial charge is 0.325 e. The number of carbonyl (C=O) groups is 1. The van der Waals surface area contributed by atoms with Crippen LogP contribution in [-0.2, 0) is 4.79 Å². The maximum absolute atomic E-state index is 13.0. The van der Waals surface area contributed by atoms with E-state index in [0.29, 0.717) is 11.0 Å². The number of anilines is 1. The Morgan fingerprint density at radius 1 is 0.969 bits per heavy atom. The Morgan fingerprint density at radius 3 is 2.34 bits per heavy atom. The lowest BCUT2D eigenvalue weighted by Crippen LogP contribution is -2.23. The highest BCUT2D eigenvalue weighted by atomic mass is 32.2. The zero-order valence-electron chi connectivity index (χ0n) is 18.5. The van der Waals surface area contributed by atoms with E-state index in [9.17, 15) is 4.79 Å². The Balaban J connectivity index is 1.65. The second kappa shape index (κ2) is 9.36. The number of benzene rings is 2. The predicted molar refractivity (Wildman–Crippen MR) is 129 cm³/mol. The molecule has 4 aromatic rings. The van der Waals surface area contributed by atoms with Crippen LogP contribution in [0.5, 0.6) is 0 Å². The minimum Gasteiger partial charge on any atom is -0.325 e. The summed E-state index contributed by atoms with van der Waals surface area (Å²) in [5, 5.41) is 12.2. The third kappa shape index (κ3) is 4.57. The standard InChI is InChI=1S/C25H25N5OS/c1-16-10-12-21(13-11-16)30-23(20-9-6-14-26-15-20)28-29-25(30)32-19(4)24(31)27-22-17(2)7-5-8-18(22)3/h5-15,19H,1-4H3,(H,27,31). The van der Waals surface area contributed by atoms with Gasteiger partial charge in [-0.05, 0) is 63.1 Å². The van der Waals surface area contributed by atoms with Crippen molar-refractivity contribution >= 4 is 23.4 Å². The summed E-state index contributed by atoms with van der Waals surface area (Å²) in [5.41, 5.74) is 5.90. The van der Waals surface area contributed by atoms with Crippen molar-refractivity contribution in [1.82, 2.24) is 19.7 Å². The number of aromatic nitrogens is 4. The molecule has 1 atom stereocenters. The molecular weight excluding hydrogens is 418 g/mol. The van der Waals surface area contributed by atoms with Gasteiger partial charge in [0, 0.05) is 29.3 Å². The van der Waals surface area contributed by atoms with E-state index in [1.807, 2.05) is 86.9 Å². The number of thioether (sulfide) groups is 1. The quantitative estimate of drug-likeness (QED) is 0.405. The molecule has 7 heteroatoms. The van der Waals surface area contributed by atoms with E-state index in [1.54, 1.807) is 12.4 Å². The molecule has 0 saturated heterocycles. The first-order chi connectivity index (χ1) is 15.4. The molecule has 0 aliphatic rings. The topological polar surface area (TPSA) is 72.7 Å². The van der Waals surface area contributed by atoms with E-state index in [2.05, 4.69) is 20.5 Å². The number of nitrogens with one attached hydrogen (secondary N) is 1. The van der Waals surface area contributed by atoms with Crippen LogP contribution in [-0.4, -0.2) is 30.9 Å². The molecule has 1 amide bonds. The molecule has 0 saturated carbocycles. The van der Waals surface area contributed by atoms with Crippen LogP contribution >= 0.6 is 11.8 Å². The van der Waals surface area contributed by atoms with Gasteiger partial charge in [-0.15, -0.1) is 10.2 Å². The normalized spacial score (nSPS) is 11.9. The smallest absolute Gasteiger partial charge is 0.237 e. The molecule has 0 fully saturated rings. The lowest BCUT2D eigenvalue weighted by molar-refractivity contribution is -0.115. The van der Waals surface area contributed by atoms with Gasteiger partial charge in [0.1, 0.15) is 0 Å². The van der Waals surface area contributed by atoms with Gasteiger partial charge in [0.15, 0.2) is 11.0 Å². The Kier molecular flexibility index (Phi) is 6.37. The van der Waals surface area contributed by atoms with Crippen molar-refractivity contribution in [2.75, 3.05) is 5.32 Å². The fraction of sp³-hybridized carbons (Fsp3) is 0.200. The van der Waals surface area contributed by atoms with Gasteiger partial charge in [-0.1, -0.05) is 47.7 Å². The highest BCUT2D eigenvalue weighted by Gasteiger charge is 2.22. The second-order valence-electron chi connectivity index (χ2n) is 7.73. The molecule has 1 N–H and O–H groups in total. The minimum absolute atomic E-state index is 0.0752. The number of amides is 1. The molecule has 0 aliphatic heterocycles. The third-order valence-electron chi connectivity index (χ3n) is 5.23. The van der Waals surface area contributed by atoms with Crippen LogP contribution < -0.4 is 5.32 Å². The third-order valence-corrected chi connectivity index (χ3v) is 6.27. The van der Waals surface area contributed by atoms with Crippen molar-refractivity contribution in [3.63, 3.8) is 0 Å². The molecule has 1 unspecified atom stereocenters. The molecular formula is C25H25N5OS. The minimum atomic E-state index is -0.371. The van der Waals surface area contributed by atoms with Crippen molar-refractivity contribution in [2.45, 2.75) is 38.1 Å². The van der Waals surface area contributed by atoms with E-state index in [1.165, 1.54) is 17.3 Å². The molecule has 2 aromatic heterocycles. The first-order valence-electron chi connectivity index (χ1n) is 10.4. The van der Waals surface area contributed by atoms with Crippen LogP contribution in [0, 0.1) is 20.8 Å². The number of para-hydroxylation sites is 1. The van der Waals surface area contributed by atoms with Gasteiger partial charge in [-0.25, -0.2) is 0 Å².